The third-order valence-corrected chi connectivity index (χ3v) is 5.39. The Morgan fingerprint density at radius 2 is 1.69 bits per heavy atom. The van der Waals surface area contributed by atoms with Crippen molar-refractivity contribution < 1.29 is 23.7 Å². The third kappa shape index (κ3) is 5.22. The van der Waals surface area contributed by atoms with Crippen LogP contribution in [-0.2, 0) is 0 Å². The molecule has 178 valence electrons. The van der Waals surface area contributed by atoms with E-state index in [1.165, 1.54) is 0 Å². The minimum absolute atomic E-state index is 0.0168. The molecule has 0 spiro atoms. The molecule has 1 unspecified atom stereocenters. The summed E-state index contributed by atoms with van der Waals surface area (Å²) < 4.78 is 22.4. The summed E-state index contributed by atoms with van der Waals surface area (Å²) in [5.74, 6) is 1.22. The number of carbonyl (C=O) groups excluding carboxylic acids is 1. The van der Waals surface area contributed by atoms with E-state index in [9.17, 15) is 10.1 Å². The van der Waals surface area contributed by atoms with Gasteiger partial charge in [-0.25, -0.2) is 4.79 Å². The zero-order valence-corrected chi connectivity index (χ0v) is 19.8. The van der Waals surface area contributed by atoms with Crippen LogP contribution in [0.5, 0.6) is 23.0 Å². The second-order valence-corrected chi connectivity index (χ2v) is 8.21. The van der Waals surface area contributed by atoms with E-state index in [0.717, 1.165) is 16.9 Å². The number of fused-ring (bicyclic) bond motifs is 1. The molecule has 0 fully saturated rings. The average Bonchev–Trinajstić information content (AvgIpc) is 2.84. The molecule has 3 aromatic carbocycles. The molecule has 1 atom stereocenters. The molecule has 1 heterocycles. The summed E-state index contributed by atoms with van der Waals surface area (Å²) in [6, 6.07) is 21.5. The van der Waals surface area contributed by atoms with Gasteiger partial charge in [-0.1, -0.05) is 18.2 Å². The minimum Gasteiger partial charge on any atom is -0.494 e. The van der Waals surface area contributed by atoms with E-state index in [1.54, 1.807) is 42.5 Å². The van der Waals surface area contributed by atoms with Gasteiger partial charge < -0.3 is 24.7 Å². The smallest absolute Gasteiger partial charge is 0.343 e. The predicted octanol–water partition coefficient (Wildman–Crippen LogP) is 5.31. The molecule has 1 aliphatic rings. The van der Waals surface area contributed by atoms with Crippen molar-refractivity contribution >= 4 is 5.97 Å². The molecule has 35 heavy (non-hydrogen) atoms. The van der Waals surface area contributed by atoms with Gasteiger partial charge in [0.1, 0.15) is 34.6 Å². The molecule has 0 amide bonds. The Morgan fingerprint density at radius 1 is 1.03 bits per heavy atom. The van der Waals surface area contributed by atoms with E-state index >= 15 is 0 Å². The lowest BCUT2D eigenvalue weighted by molar-refractivity contribution is 0.0734. The van der Waals surface area contributed by atoms with Gasteiger partial charge in [-0.3, -0.25) is 0 Å². The Hall–Kier alpha value is -4.44. The Kier molecular flexibility index (Phi) is 6.93. The van der Waals surface area contributed by atoms with E-state index in [1.807, 2.05) is 45.0 Å². The average molecular weight is 471 g/mol. The molecule has 7 heteroatoms. The minimum atomic E-state index is -0.513. The molecule has 0 aromatic heterocycles. The summed E-state index contributed by atoms with van der Waals surface area (Å²) in [6.45, 7) is 6.35. The van der Waals surface area contributed by atoms with Crippen LogP contribution in [0.2, 0.25) is 0 Å². The number of esters is 1. The SMILES string of the molecule is CCOc1ccc(C2C(C#N)=C(N)Oc3cc(OC(=O)c4ccc(OC(C)C)cc4)ccc32)cc1. The number of benzene rings is 3. The van der Waals surface area contributed by atoms with Crippen LogP contribution in [-0.4, -0.2) is 18.7 Å². The van der Waals surface area contributed by atoms with Gasteiger partial charge in [-0.05, 0) is 68.8 Å². The van der Waals surface area contributed by atoms with E-state index in [-0.39, 0.29) is 12.0 Å². The molecule has 1 aliphatic heterocycles. The standard InChI is InChI=1S/C28H26N2O5/c1-4-32-20-9-5-18(6-10-20)26-23-14-13-22(15-25(23)35-27(30)24(26)16-29)34-28(31)19-7-11-21(12-8-19)33-17(2)3/h5-15,17,26H,4,30H2,1-3H3. The van der Waals surface area contributed by atoms with Gasteiger partial charge in [-0.15, -0.1) is 0 Å². The molecule has 7 nitrogen and oxygen atoms in total. The van der Waals surface area contributed by atoms with Crippen molar-refractivity contribution in [3.63, 3.8) is 0 Å². The maximum atomic E-state index is 12.7. The van der Waals surface area contributed by atoms with Crippen molar-refractivity contribution in [2.75, 3.05) is 6.61 Å². The first-order valence-corrected chi connectivity index (χ1v) is 11.3. The van der Waals surface area contributed by atoms with Crippen LogP contribution in [0.1, 0.15) is 48.2 Å². The fraction of sp³-hybridized carbons (Fsp3) is 0.214. The molecule has 2 N–H and O–H groups in total. The molecule has 4 rings (SSSR count). The van der Waals surface area contributed by atoms with E-state index in [4.69, 9.17) is 24.7 Å². The number of nitriles is 1. The Balaban J connectivity index is 1.59. The van der Waals surface area contributed by atoms with Crippen LogP contribution in [0.25, 0.3) is 0 Å². The second kappa shape index (κ2) is 10.2. The lowest BCUT2D eigenvalue weighted by Gasteiger charge is -2.26. The van der Waals surface area contributed by atoms with Crippen LogP contribution in [0, 0.1) is 11.3 Å². The van der Waals surface area contributed by atoms with Crippen molar-refractivity contribution in [2.45, 2.75) is 32.8 Å². The van der Waals surface area contributed by atoms with Crippen molar-refractivity contribution in [3.8, 4) is 29.1 Å². The van der Waals surface area contributed by atoms with Gasteiger partial charge in [0.05, 0.1) is 24.2 Å². The summed E-state index contributed by atoms with van der Waals surface area (Å²) in [6.07, 6.45) is 0.0396. The number of allylic oxidation sites excluding steroid dienone is 1. The van der Waals surface area contributed by atoms with Gasteiger partial charge >= 0.3 is 5.97 Å². The Labute approximate surface area is 204 Å². The third-order valence-electron chi connectivity index (χ3n) is 5.39. The predicted molar refractivity (Wildman–Crippen MR) is 131 cm³/mol. The first kappa shape index (κ1) is 23.7. The van der Waals surface area contributed by atoms with Crippen LogP contribution in [0.3, 0.4) is 0 Å². The van der Waals surface area contributed by atoms with E-state index < -0.39 is 11.9 Å². The first-order chi connectivity index (χ1) is 16.9. The summed E-state index contributed by atoms with van der Waals surface area (Å²) in [5.41, 5.74) is 8.41. The van der Waals surface area contributed by atoms with E-state index in [2.05, 4.69) is 6.07 Å². The fourth-order valence-electron chi connectivity index (χ4n) is 3.87. The largest absolute Gasteiger partial charge is 0.494 e. The summed E-state index contributed by atoms with van der Waals surface area (Å²) in [5, 5.41) is 9.75. The maximum absolute atomic E-state index is 12.7. The highest BCUT2D eigenvalue weighted by atomic mass is 16.5. The quantitative estimate of drug-likeness (QED) is 0.369. The molecule has 0 bridgehead atoms. The Morgan fingerprint density at radius 3 is 2.31 bits per heavy atom. The maximum Gasteiger partial charge on any atom is 0.343 e. The van der Waals surface area contributed by atoms with Gasteiger partial charge in [-0.2, -0.15) is 5.26 Å². The number of rotatable bonds is 7. The lowest BCUT2D eigenvalue weighted by atomic mass is 9.83. The number of nitrogens with zero attached hydrogens (tertiary/aromatic N) is 1. The number of nitrogens with two attached hydrogens (primary N) is 1. The molecular weight excluding hydrogens is 444 g/mol. The van der Waals surface area contributed by atoms with E-state index in [0.29, 0.717) is 35.0 Å². The fourth-order valence-corrected chi connectivity index (χ4v) is 3.87. The van der Waals surface area contributed by atoms with Crippen molar-refractivity contribution in [2.24, 2.45) is 5.73 Å². The van der Waals surface area contributed by atoms with Crippen LogP contribution >= 0.6 is 0 Å². The highest BCUT2D eigenvalue weighted by molar-refractivity contribution is 5.91. The number of hydrogen-bond acceptors (Lipinski definition) is 7. The van der Waals surface area contributed by atoms with Crippen molar-refractivity contribution in [1.82, 2.24) is 0 Å². The highest BCUT2D eigenvalue weighted by Crippen LogP contribution is 2.43. The number of carbonyl (C=O) groups is 1. The van der Waals surface area contributed by atoms with Crippen LogP contribution in [0.4, 0.5) is 0 Å². The van der Waals surface area contributed by atoms with Gasteiger partial charge in [0.2, 0.25) is 5.88 Å². The second-order valence-electron chi connectivity index (χ2n) is 8.21. The molecule has 3 aromatic rings. The topological polar surface area (TPSA) is 104 Å². The zero-order valence-electron chi connectivity index (χ0n) is 19.8. The van der Waals surface area contributed by atoms with Gasteiger partial charge in [0.25, 0.3) is 0 Å². The molecule has 0 saturated heterocycles. The molecule has 0 saturated carbocycles. The van der Waals surface area contributed by atoms with Gasteiger partial charge in [0, 0.05) is 11.6 Å². The highest BCUT2D eigenvalue weighted by Gasteiger charge is 2.31. The monoisotopic (exact) mass is 470 g/mol. The van der Waals surface area contributed by atoms with Crippen molar-refractivity contribution in [3.05, 3.63) is 94.9 Å². The summed E-state index contributed by atoms with van der Waals surface area (Å²) >= 11 is 0. The lowest BCUT2D eigenvalue weighted by Crippen LogP contribution is -2.21. The van der Waals surface area contributed by atoms with Crippen LogP contribution < -0.4 is 24.7 Å². The Bertz CT molecular complexity index is 1290. The molecule has 0 radical (unpaired) electrons. The normalized spacial score (nSPS) is 14.5. The number of hydrogen-bond donors (Lipinski definition) is 1. The zero-order chi connectivity index (χ0) is 24.9. The molecular formula is C28H26N2O5. The summed E-state index contributed by atoms with van der Waals surface area (Å²) in [7, 11) is 0. The van der Waals surface area contributed by atoms with Crippen molar-refractivity contribution in [1.29, 1.82) is 5.26 Å². The van der Waals surface area contributed by atoms with Crippen LogP contribution in [0.15, 0.2) is 78.2 Å². The molecule has 0 aliphatic carbocycles. The summed E-state index contributed by atoms with van der Waals surface area (Å²) in [4.78, 5) is 12.7. The first-order valence-electron chi connectivity index (χ1n) is 11.3. The van der Waals surface area contributed by atoms with Gasteiger partial charge in [0.15, 0.2) is 0 Å². The number of ether oxygens (including phenoxy) is 4.